The Bertz CT molecular complexity index is 453. The highest BCUT2D eigenvalue weighted by Crippen LogP contribution is 2.39. The number of aromatic nitrogens is 2. The molecule has 110 valence electrons. The quantitative estimate of drug-likeness (QED) is 0.896. The molecule has 3 heterocycles. The molecule has 3 aliphatic rings. The van der Waals surface area contributed by atoms with E-state index in [4.69, 9.17) is 4.98 Å². The van der Waals surface area contributed by atoms with Crippen LogP contribution in [0.15, 0.2) is 12.4 Å². The first-order valence-corrected chi connectivity index (χ1v) is 8.40. The SMILES string of the molecule is CCCN(c1nccn1C1CC1)C1CC2CCC(C1)N2. The van der Waals surface area contributed by atoms with E-state index < -0.39 is 0 Å². The van der Waals surface area contributed by atoms with Gasteiger partial charge in [0.15, 0.2) is 0 Å². The van der Waals surface area contributed by atoms with Gasteiger partial charge in [0.1, 0.15) is 0 Å². The van der Waals surface area contributed by atoms with E-state index in [1.54, 1.807) is 0 Å². The van der Waals surface area contributed by atoms with Gasteiger partial charge in [-0.2, -0.15) is 0 Å². The molecule has 1 aliphatic carbocycles. The number of hydrogen-bond donors (Lipinski definition) is 1. The minimum atomic E-state index is 0.689. The molecule has 4 nitrogen and oxygen atoms in total. The molecule has 2 unspecified atom stereocenters. The first kappa shape index (κ1) is 12.7. The summed E-state index contributed by atoms with van der Waals surface area (Å²) in [6.07, 6.45) is 13.4. The zero-order valence-corrected chi connectivity index (χ0v) is 12.5. The van der Waals surface area contributed by atoms with Crippen LogP contribution in [0.5, 0.6) is 0 Å². The van der Waals surface area contributed by atoms with Crippen molar-refractivity contribution in [1.29, 1.82) is 0 Å². The summed E-state index contributed by atoms with van der Waals surface area (Å²) >= 11 is 0. The molecule has 0 amide bonds. The average Bonchev–Trinajstić information content (AvgIpc) is 3.10. The van der Waals surface area contributed by atoms with E-state index in [0.29, 0.717) is 6.04 Å². The Morgan fingerprint density at radius 3 is 2.65 bits per heavy atom. The second kappa shape index (κ2) is 5.06. The lowest BCUT2D eigenvalue weighted by molar-refractivity contribution is 0.342. The van der Waals surface area contributed by atoms with E-state index in [1.807, 2.05) is 6.20 Å². The number of piperidine rings is 1. The Labute approximate surface area is 121 Å². The maximum absolute atomic E-state index is 4.71. The zero-order valence-electron chi connectivity index (χ0n) is 12.5. The van der Waals surface area contributed by atoms with E-state index in [-0.39, 0.29) is 0 Å². The third-order valence-corrected chi connectivity index (χ3v) is 5.20. The van der Waals surface area contributed by atoms with Gasteiger partial charge in [0.2, 0.25) is 5.95 Å². The largest absolute Gasteiger partial charge is 0.339 e. The van der Waals surface area contributed by atoms with Crippen LogP contribution in [0.3, 0.4) is 0 Å². The third-order valence-electron chi connectivity index (χ3n) is 5.20. The summed E-state index contributed by atoms with van der Waals surface area (Å²) in [5.41, 5.74) is 0. The number of fused-ring (bicyclic) bond motifs is 2. The lowest BCUT2D eigenvalue weighted by Crippen LogP contribution is -2.49. The lowest BCUT2D eigenvalue weighted by atomic mass is 9.98. The average molecular weight is 274 g/mol. The second-order valence-electron chi connectivity index (χ2n) is 6.82. The number of nitrogens with one attached hydrogen (secondary N) is 1. The number of rotatable bonds is 5. The fourth-order valence-corrected chi connectivity index (χ4v) is 4.13. The molecule has 2 atom stereocenters. The highest BCUT2D eigenvalue weighted by Gasteiger charge is 2.37. The highest BCUT2D eigenvalue weighted by molar-refractivity contribution is 5.35. The Morgan fingerprint density at radius 2 is 2.00 bits per heavy atom. The van der Waals surface area contributed by atoms with Crippen LogP contribution < -0.4 is 10.2 Å². The third kappa shape index (κ3) is 2.24. The molecule has 0 radical (unpaired) electrons. The van der Waals surface area contributed by atoms with Crippen molar-refractivity contribution < 1.29 is 0 Å². The summed E-state index contributed by atoms with van der Waals surface area (Å²) in [6.45, 7) is 3.43. The van der Waals surface area contributed by atoms with Crippen LogP contribution >= 0.6 is 0 Å². The monoisotopic (exact) mass is 274 g/mol. The number of nitrogens with zero attached hydrogens (tertiary/aromatic N) is 3. The molecule has 2 aliphatic heterocycles. The van der Waals surface area contributed by atoms with Crippen LogP contribution in [0, 0.1) is 0 Å². The molecule has 1 N–H and O–H groups in total. The van der Waals surface area contributed by atoms with E-state index in [0.717, 1.165) is 24.7 Å². The van der Waals surface area contributed by atoms with Crippen LogP contribution in [0.2, 0.25) is 0 Å². The molecule has 0 aromatic carbocycles. The van der Waals surface area contributed by atoms with Crippen LogP contribution in [-0.2, 0) is 0 Å². The Kier molecular flexibility index (Phi) is 3.21. The molecule has 3 fully saturated rings. The van der Waals surface area contributed by atoms with E-state index in [1.165, 1.54) is 50.9 Å². The summed E-state index contributed by atoms with van der Waals surface area (Å²) in [5.74, 6) is 1.24. The van der Waals surface area contributed by atoms with Crippen molar-refractivity contribution in [2.24, 2.45) is 0 Å². The minimum absolute atomic E-state index is 0.689. The van der Waals surface area contributed by atoms with Crippen molar-refractivity contribution >= 4 is 5.95 Å². The van der Waals surface area contributed by atoms with Gasteiger partial charge in [0, 0.05) is 43.1 Å². The van der Waals surface area contributed by atoms with Crippen molar-refractivity contribution in [2.45, 2.75) is 76.0 Å². The van der Waals surface area contributed by atoms with Gasteiger partial charge in [-0.1, -0.05) is 6.92 Å². The smallest absolute Gasteiger partial charge is 0.205 e. The molecule has 4 rings (SSSR count). The molecule has 20 heavy (non-hydrogen) atoms. The molecule has 2 bridgehead atoms. The summed E-state index contributed by atoms with van der Waals surface area (Å²) in [7, 11) is 0. The number of hydrogen-bond acceptors (Lipinski definition) is 3. The van der Waals surface area contributed by atoms with Crippen molar-refractivity contribution in [1.82, 2.24) is 14.9 Å². The first-order valence-electron chi connectivity index (χ1n) is 8.40. The fourth-order valence-electron chi connectivity index (χ4n) is 4.13. The molecule has 1 saturated carbocycles. The second-order valence-corrected chi connectivity index (χ2v) is 6.82. The standard InChI is InChI=1S/C16H26N4/c1-2-8-19(15-10-12-3-4-13(11-15)18-12)16-17-7-9-20(16)14-5-6-14/h7,9,12-15,18H,2-6,8,10-11H2,1H3. The van der Waals surface area contributed by atoms with Gasteiger partial charge in [-0.05, 0) is 44.9 Å². The van der Waals surface area contributed by atoms with Gasteiger partial charge in [-0.3, -0.25) is 0 Å². The van der Waals surface area contributed by atoms with E-state index >= 15 is 0 Å². The van der Waals surface area contributed by atoms with Gasteiger partial charge in [-0.25, -0.2) is 4.98 Å². The maximum atomic E-state index is 4.71. The first-order chi connectivity index (χ1) is 9.85. The van der Waals surface area contributed by atoms with Gasteiger partial charge in [0.25, 0.3) is 0 Å². The maximum Gasteiger partial charge on any atom is 0.205 e. The van der Waals surface area contributed by atoms with Gasteiger partial charge < -0.3 is 14.8 Å². The lowest BCUT2D eigenvalue weighted by Gasteiger charge is -2.38. The zero-order chi connectivity index (χ0) is 13.5. The van der Waals surface area contributed by atoms with Gasteiger partial charge in [0.05, 0.1) is 0 Å². The molecule has 1 aromatic rings. The number of anilines is 1. The van der Waals surface area contributed by atoms with Gasteiger partial charge >= 0.3 is 0 Å². The predicted octanol–water partition coefficient (Wildman–Crippen LogP) is 2.72. The minimum Gasteiger partial charge on any atom is -0.339 e. The Hall–Kier alpha value is -1.03. The molecule has 2 saturated heterocycles. The van der Waals surface area contributed by atoms with Crippen LogP contribution in [0.1, 0.15) is 57.9 Å². The summed E-state index contributed by atoms with van der Waals surface area (Å²) in [6, 6.07) is 2.92. The highest BCUT2D eigenvalue weighted by atomic mass is 15.3. The number of imidazole rings is 1. The Balaban J connectivity index is 1.58. The van der Waals surface area contributed by atoms with Crippen molar-refractivity contribution in [2.75, 3.05) is 11.4 Å². The Morgan fingerprint density at radius 1 is 1.25 bits per heavy atom. The molecule has 4 heteroatoms. The van der Waals surface area contributed by atoms with Crippen molar-refractivity contribution in [3.63, 3.8) is 0 Å². The molecule has 0 spiro atoms. The van der Waals surface area contributed by atoms with E-state index in [2.05, 4.69) is 27.9 Å². The van der Waals surface area contributed by atoms with Crippen LogP contribution in [0.25, 0.3) is 0 Å². The predicted molar refractivity (Wildman–Crippen MR) is 81.1 cm³/mol. The normalized spacial score (nSPS) is 32.5. The fraction of sp³-hybridized carbons (Fsp3) is 0.812. The van der Waals surface area contributed by atoms with Crippen molar-refractivity contribution in [3.05, 3.63) is 12.4 Å². The topological polar surface area (TPSA) is 33.1 Å². The molecule has 1 aromatic heterocycles. The van der Waals surface area contributed by atoms with E-state index in [9.17, 15) is 0 Å². The summed E-state index contributed by atoms with van der Waals surface area (Å²) < 4.78 is 2.43. The molecular weight excluding hydrogens is 248 g/mol. The summed E-state index contributed by atoms with van der Waals surface area (Å²) in [5, 5.41) is 3.76. The van der Waals surface area contributed by atoms with Gasteiger partial charge in [-0.15, -0.1) is 0 Å². The van der Waals surface area contributed by atoms with Crippen LogP contribution in [-0.4, -0.2) is 34.2 Å². The van der Waals surface area contributed by atoms with Crippen molar-refractivity contribution in [3.8, 4) is 0 Å². The van der Waals surface area contributed by atoms with Crippen LogP contribution in [0.4, 0.5) is 5.95 Å². The molecular formula is C16H26N4. The summed E-state index contributed by atoms with van der Waals surface area (Å²) in [4.78, 5) is 7.33.